The van der Waals surface area contributed by atoms with Gasteiger partial charge in [-0.05, 0) is 36.1 Å². The topological polar surface area (TPSA) is 49.3 Å². The molecule has 1 aromatic carbocycles. The van der Waals surface area contributed by atoms with Crippen molar-refractivity contribution in [1.82, 2.24) is 5.32 Å². The van der Waals surface area contributed by atoms with Crippen LogP contribution in [0.2, 0.25) is 0 Å². The molecule has 0 amide bonds. The number of carboxylic acid groups (broad SMARTS) is 1. The molecule has 94 valence electrons. The second-order valence-corrected chi connectivity index (χ2v) is 4.67. The molecule has 2 N–H and O–H groups in total. The Morgan fingerprint density at radius 3 is 2.65 bits per heavy atom. The van der Waals surface area contributed by atoms with E-state index in [1.54, 1.807) is 23.9 Å². The average molecular weight is 257 g/mol. The largest absolute Gasteiger partial charge is 0.480 e. The zero-order valence-corrected chi connectivity index (χ0v) is 10.5. The highest BCUT2D eigenvalue weighted by Crippen LogP contribution is 2.05. The van der Waals surface area contributed by atoms with Crippen molar-refractivity contribution in [1.29, 1.82) is 0 Å². The highest BCUT2D eigenvalue weighted by Gasteiger charge is 2.15. The van der Waals surface area contributed by atoms with Gasteiger partial charge >= 0.3 is 5.97 Å². The summed E-state index contributed by atoms with van der Waals surface area (Å²) in [6.45, 7) is 0.436. The number of benzene rings is 1. The van der Waals surface area contributed by atoms with E-state index in [-0.39, 0.29) is 5.82 Å². The third kappa shape index (κ3) is 5.19. The Hall–Kier alpha value is -1.07. The van der Waals surface area contributed by atoms with Gasteiger partial charge in [-0.3, -0.25) is 4.79 Å². The molecular formula is C12H16FNO2S. The van der Waals surface area contributed by atoms with Crippen molar-refractivity contribution < 1.29 is 14.3 Å². The van der Waals surface area contributed by atoms with Gasteiger partial charge in [0, 0.05) is 6.54 Å². The SMILES string of the molecule is CSCCC(NCc1ccc(F)cc1)C(=O)O. The van der Waals surface area contributed by atoms with E-state index in [1.165, 1.54) is 12.1 Å². The summed E-state index contributed by atoms with van der Waals surface area (Å²) in [6.07, 6.45) is 2.52. The maximum Gasteiger partial charge on any atom is 0.320 e. The highest BCUT2D eigenvalue weighted by molar-refractivity contribution is 7.98. The number of aliphatic carboxylic acids is 1. The first-order valence-corrected chi connectivity index (χ1v) is 6.72. The van der Waals surface area contributed by atoms with Crippen LogP contribution in [0.5, 0.6) is 0 Å². The van der Waals surface area contributed by atoms with Gasteiger partial charge in [0.15, 0.2) is 0 Å². The first-order valence-electron chi connectivity index (χ1n) is 5.33. The molecule has 0 fully saturated rings. The van der Waals surface area contributed by atoms with Crippen LogP contribution in [0.1, 0.15) is 12.0 Å². The lowest BCUT2D eigenvalue weighted by Gasteiger charge is -2.13. The van der Waals surface area contributed by atoms with Gasteiger partial charge in [0.1, 0.15) is 11.9 Å². The number of hydrogen-bond acceptors (Lipinski definition) is 3. The molecule has 3 nitrogen and oxygen atoms in total. The molecule has 0 saturated heterocycles. The molecule has 0 aliphatic rings. The number of carbonyl (C=O) groups is 1. The normalized spacial score (nSPS) is 12.4. The van der Waals surface area contributed by atoms with Crippen LogP contribution < -0.4 is 5.32 Å². The summed E-state index contributed by atoms with van der Waals surface area (Å²) in [5, 5.41) is 11.9. The lowest BCUT2D eigenvalue weighted by atomic mass is 10.2. The van der Waals surface area contributed by atoms with Crippen LogP contribution in [0.25, 0.3) is 0 Å². The molecule has 0 spiro atoms. The number of nitrogens with one attached hydrogen (secondary N) is 1. The minimum Gasteiger partial charge on any atom is -0.480 e. The van der Waals surface area contributed by atoms with E-state index in [2.05, 4.69) is 5.32 Å². The van der Waals surface area contributed by atoms with Crippen LogP contribution >= 0.6 is 11.8 Å². The third-order valence-electron chi connectivity index (χ3n) is 2.37. The lowest BCUT2D eigenvalue weighted by Crippen LogP contribution is -2.36. The lowest BCUT2D eigenvalue weighted by molar-refractivity contribution is -0.139. The minimum atomic E-state index is -0.846. The fourth-order valence-electron chi connectivity index (χ4n) is 1.39. The number of hydrogen-bond donors (Lipinski definition) is 2. The monoisotopic (exact) mass is 257 g/mol. The average Bonchev–Trinajstić information content (AvgIpc) is 2.31. The maximum atomic E-state index is 12.7. The number of thioether (sulfide) groups is 1. The molecule has 0 bridgehead atoms. The van der Waals surface area contributed by atoms with E-state index in [1.807, 2.05) is 6.26 Å². The van der Waals surface area contributed by atoms with E-state index in [9.17, 15) is 9.18 Å². The third-order valence-corrected chi connectivity index (χ3v) is 3.02. The van der Waals surface area contributed by atoms with Crippen molar-refractivity contribution in [2.75, 3.05) is 12.0 Å². The summed E-state index contributed by atoms with van der Waals surface area (Å²) >= 11 is 1.62. The minimum absolute atomic E-state index is 0.286. The smallest absolute Gasteiger partial charge is 0.320 e. The summed E-state index contributed by atoms with van der Waals surface area (Å²) in [4.78, 5) is 10.9. The fourth-order valence-corrected chi connectivity index (χ4v) is 1.86. The Morgan fingerprint density at radius 2 is 2.12 bits per heavy atom. The molecule has 0 aromatic heterocycles. The zero-order valence-electron chi connectivity index (χ0n) is 9.65. The molecule has 1 aromatic rings. The van der Waals surface area contributed by atoms with Crippen LogP contribution in [0, 0.1) is 5.82 Å². The van der Waals surface area contributed by atoms with Crippen molar-refractivity contribution >= 4 is 17.7 Å². The predicted molar refractivity (Wildman–Crippen MR) is 67.7 cm³/mol. The van der Waals surface area contributed by atoms with Crippen LogP contribution in [0.15, 0.2) is 24.3 Å². The van der Waals surface area contributed by atoms with E-state index in [0.717, 1.165) is 11.3 Å². The first-order chi connectivity index (χ1) is 8.13. The first kappa shape index (κ1) is 14.0. The van der Waals surface area contributed by atoms with Crippen molar-refractivity contribution in [3.63, 3.8) is 0 Å². The summed E-state index contributed by atoms with van der Waals surface area (Å²) in [5.74, 6) is -0.333. The second kappa shape index (κ2) is 7.29. The molecule has 0 heterocycles. The molecular weight excluding hydrogens is 241 g/mol. The molecule has 0 saturated carbocycles. The fraction of sp³-hybridized carbons (Fsp3) is 0.417. The van der Waals surface area contributed by atoms with Crippen LogP contribution in [-0.4, -0.2) is 29.1 Å². The van der Waals surface area contributed by atoms with Crippen molar-refractivity contribution in [3.05, 3.63) is 35.6 Å². The molecule has 0 aliphatic carbocycles. The van der Waals surface area contributed by atoms with Gasteiger partial charge in [-0.2, -0.15) is 11.8 Å². The van der Waals surface area contributed by atoms with Crippen LogP contribution in [0.3, 0.4) is 0 Å². The summed E-state index contributed by atoms with van der Waals surface area (Å²) < 4.78 is 12.7. The van der Waals surface area contributed by atoms with Gasteiger partial charge in [-0.15, -0.1) is 0 Å². The highest BCUT2D eigenvalue weighted by atomic mass is 32.2. The van der Waals surface area contributed by atoms with Crippen LogP contribution in [-0.2, 0) is 11.3 Å². The number of halogens is 1. The van der Waals surface area contributed by atoms with Crippen molar-refractivity contribution in [2.24, 2.45) is 0 Å². The van der Waals surface area contributed by atoms with E-state index >= 15 is 0 Å². The quantitative estimate of drug-likeness (QED) is 0.785. The Balaban J connectivity index is 2.45. The predicted octanol–water partition coefficient (Wildman–Crippen LogP) is 2.12. The second-order valence-electron chi connectivity index (χ2n) is 3.68. The molecule has 0 aliphatic heterocycles. The van der Waals surface area contributed by atoms with Gasteiger partial charge < -0.3 is 10.4 Å². The van der Waals surface area contributed by atoms with E-state index < -0.39 is 12.0 Å². The number of carboxylic acids is 1. The maximum absolute atomic E-state index is 12.7. The number of rotatable bonds is 7. The molecule has 5 heteroatoms. The molecule has 1 unspecified atom stereocenters. The van der Waals surface area contributed by atoms with Gasteiger partial charge in [0.2, 0.25) is 0 Å². The van der Waals surface area contributed by atoms with Crippen molar-refractivity contribution in [2.45, 2.75) is 19.0 Å². The van der Waals surface area contributed by atoms with Gasteiger partial charge in [-0.1, -0.05) is 12.1 Å². The summed E-state index contributed by atoms with van der Waals surface area (Å²) in [6, 6.07) is 5.49. The Labute approximate surface area is 104 Å². The molecule has 0 radical (unpaired) electrons. The zero-order chi connectivity index (χ0) is 12.7. The van der Waals surface area contributed by atoms with E-state index in [0.29, 0.717) is 13.0 Å². The van der Waals surface area contributed by atoms with Gasteiger partial charge in [-0.25, -0.2) is 4.39 Å². The van der Waals surface area contributed by atoms with Crippen LogP contribution in [0.4, 0.5) is 4.39 Å². The van der Waals surface area contributed by atoms with Crippen molar-refractivity contribution in [3.8, 4) is 0 Å². The van der Waals surface area contributed by atoms with E-state index in [4.69, 9.17) is 5.11 Å². The standard InChI is InChI=1S/C12H16FNO2S/c1-17-7-6-11(12(15)16)14-8-9-2-4-10(13)5-3-9/h2-5,11,14H,6-8H2,1H3,(H,15,16). The van der Waals surface area contributed by atoms with Gasteiger partial charge in [0.25, 0.3) is 0 Å². The van der Waals surface area contributed by atoms with Gasteiger partial charge in [0.05, 0.1) is 0 Å². The summed E-state index contributed by atoms with van der Waals surface area (Å²) in [5.41, 5.74) is 0.877. The molecule has 17 heavy (non-hydrogen) atoms. The Morgan fingerprint density at radius 1 is 1.47 bits per heavy atom. The molecule has 1 atom stereocenters. The summed E-state index contributed by atoms with van der Waals surface area (Å²) in [7, 11) is 0. The Kier molecular flexibility index (Phi) is 6.00. The Bertz CT molecular complexity index is 356. The molecule has 1 rings (SSSR count).